The van der Waals surface area contributed by atoms with Crippen LogP contribution in [0.15, 0.2) is 75.2 Å². The van der Waals surface area contributed by atoms with Gasteiger partial charge < -0.3 is 5.32 Å². The van der Waals surface area contributed by atoms with Crippen LogP contribution >= 0.6 is 31.9 Å². The molecule has 150 valence electrons. The van der Waals surface area contributed by atoms with E-state index in [1.807, 2.05) is 74.5 Å². The molecule has 0 radical (unpaired) electrons. The molecule has 0 atom stereocenters. The van der Waals surface area contributed by atoms with Crippen LogP contribution in [0.2, 0.25) is 0 Å². The normalized spacial score (nSPS) is 11.1. The van der Waals surface area contributed by atoms with Gasteiger partial charge in [-0.1, -0.05) is 74.3 Å². The molecule has 0 saturated heterocycles. The van der Waals surface area contributed by atoms with E-state index in [0.717, 1.165) is 37.6 Å². The predicted molar refractivity (Wildman–Crippen MR) is 129 cm³/mol. The first kappa shape index (κ1) is 22.0. The highest BCUT2D eigenvalue weighted by Crippen LogP contribution is 2.26. The maximum Gasteiger partial charge on any atom is 0.266 e. The number of anilines is 1. The van der Waals surface area contributed by atoms with Crippen molar-refractivity contribution in [1.29, 1.82) is 5.26 Å². The van der Waals surface area contributed by atoms with Gasteiger partial charge in [-0.3, -0.25) is 4.79 Å². The van der Waals surface area contributed by atoms with Crippen molar-refractivity contribution in [3.8, 4) is 6.07 Å². The number of carbonyl (C=O) groups is 1. The third-order valence-electron chi connectivity index (χ3n) is 4.94. The summed E-state index contributed by atoms with van der Waals surface area (Å²) >= 11 is 7.20. The van der Waals surface area contributed by atoms with E-state index in [-0.39, 0.29) is 5.57 Å². The third-order valence-corrected chi connectivity index (χ3v) is 6.46. The molecule has 0 saturated carbocycles. The van der Waals surface area contributed by atoms with E-state index in [2.05, 4.69) is 43.2 Å². The first-order chi connectivity index (χ1) is 14.4. The molecule has 0 spiro atoms. The Hall–Kier alpha value is -2.68. The van der Waals surface area contributed by atoms with E-state index >= 15 is 0 Å². The second kappa shape index (κ2) is 9.88. The zero-order chi connectivity index (χ0) is 21.7. The summed E-state index contributed by atoms with van der Waals surface area (Å²) in [6.45, 7) is 3.93. The average Bonchev–Trinajstić information content (AvgIpc) is 2.73. The van der Waals surface area contributed by atoms with E-state index < -0.39 is 5.91 Å². The lowest BCUT2D eigenvalue weighted by molar-refractivity contribution is -0.112. The quantitative estimate of drug-likeness (QED) is 0.290. The molecular weight excluding hydrogens is 504 g/mol. The van der Waals surface area contributed by atoms with E-state index in [1.165, 1.54) is 5.56 Å². The Kier molecular flexibility index (Phi) is 7.25. The van der Waals surface area contributed by atoms with Gasteiger partial charge in [-0.05, 0) is 72.4 Å². The van der Waals surface area contributed by atoms with E-state index in [4.69, 9.17) is 0 Å². The fourth-order valence-corrected chi connectivity index (χ4v) is 4.00. The van der Waals surface area contributed by atoms with Crippen LogP contribution in [-0.4, -0.2) is 5.91 Å². The summed E-state index contributed by atoms with van der Waals surface area (Å²) in [7, 11) is 0. The molecule has 3 aromatic carbocycles. The Bertz CT molecular complexity index is 1180. The number of hydrogen-bond acceptors (Lipinski definition) is 2. The summed E-state index contributed by atoms with van der Waals surface area (Å²) in [6, 6.07) is 21.7. The van der Waals surface area contributed by atoms with Crippen molar-refractivity contribution in [3.05, 3.63) is 103 Å². The van der Waals surface area contributed by atoms with Crippen LogP contribution in [-0.2, 0) is 11.2 Å². The summed E-state index contributed by atoms with van der Waals surface area (Å²) < 4.78 is 2.00. The monoisotopic (exact) mass is 522 g/mol. The van der Waals surface area contributed by atoms with Gasteiger partial charge >= 0.3 is 0 Å². The molecule has 0 heterocycles. The smallest absolute Gasteiger partial charge is 0.266 e. The number of nitriles is 1. The predicted octanol–water partition coefficient (Wildman–Crippen LogP) is 6.96. The summed E-state index contributed by atoms with van der Waals surface area (Å²) in [4.78, 5) is 12.6. The Balaban J connectivity index is 1.81. The van der Waals surface area contributed by atoms with Crippen LogP contribution in [0.5, 0.6) is 0 Å². The molecule has 0 aromatic heterocycles. The second-order valence-electron chi connectivity index (χ2n) is 6.99. The number of benzene rings is 3. The van der Waals surface area contributed by atoms with Crippen LogP contribution in [0.3, 0.4) is 0 Å². The molecule has 0 unspecified atom stereocenters. The molecule has 5 heteroatoms. The van der Waals surface area contributed by atoms with Gasteiger partial charge in [0, 0.05) is 14.6 Å². The lowest BCUT2D eigenvalue weighted by Crippen LogP contribution is -2.14. The van der Waals surface area contributed by atoms with Crippen molar-refractivity contribution in [3.63, 3.8) is 0 Å². The Morgan fingerprint density at radius 2 is 1.73 bits per heavy atom. The van der Waals surface area contributed by atoms with Crippen LogP contribution in [0.4, 0.5) is 5.69 Å². The maximum atomic E-state index is 12.6. The minimum atomic E-state index is -0.417. The van der Waals surface area contributed by atoms with E-state index in [9.17, 15) is 10.1 Å². The fourth-order valence-electron chi connectivity index (χ4n) is 3.04. The summed E-state index contributed by atoms with van der Waals surface area (Å²) in [6.07, 6.45) is 2.37. The van der Waals surface area contributed by atoms with Gasteiger partial charge in [-0.15, -0.1) is 0 Å². The fraction of sp³-hybridized carbons (Fsp3) is 0.120. The van der Waals surface area contributed by atoms with Gasteiger partial charge in [-0.25, -0.2) is 0 Å². The van der Waals surface area contributed by atoms with Gasteiger partial charge in [0.25, 0.3) is 5.91 Å². The molecule has 30 heavy (non-hydrogen) atoms. The van der Waals surface area contributed by atoms with Crippen molar-refractivity contribution in [2.24, 2.45) is 0 Å². The molecule has 0 aliphatic rings. The average molecular weight is 524 g/mol. The number of nitrogens with zero attached hydrogens (tertiary/aromatic N) is 1. The van der Waals surface area contributed by atoms with Crippen LogP contribution in [0, 0.1) is 25.2 Å². The molecule has 1 amide bonds. The minimum Gasteiger partial charge on any atom is -0.321 e. The number of halogens is 2. The number of hydrogen-bond donors (Lipinski definition) is 1. The SMILES string of the molecule is Cc1cccc(NC(=O)/C(C#N)=C/c2ccc(Cc3ccccc3Br)c(Br)c2)c1C. The lowest BCUT2D eigenvalue weighted by Gasteiger charge is -2.10. The summed E-state index contributed by atoms with van der Waals surface area (Å²) in [5, 5.41) is 12.4. The molecule has 3 aromatic rings. The van der Waals surface area contributed by atoms with E-state index in [1.54, 1.807) is 6.08 Å². The molecular formula is C25H20Br2N2O. The Morgan fingerprint density at radius 1 is 1.00 bits per heavy atom. The summed E-state index contributed by atoms with van der Waals surface area (Å²) in [5.74, 6) is -0.417. The molecule has 3 nitrogen and oxygen atoms in total. The Labute approximate surface area is 193 Å². The first-order valence-corrected chi connectivity index (χ1v) is 11.0. The number of carbonyl (C=O) groups excluding carboxylic acids is 1. The van der Waals surface area contributed by atoms with Crippen molar-refractivity contribution in [1.82, 2.24) is 0 Å². The largest absolute Gasteiger partial charge is 0.321 e. The van der Waals surface area contributed by atoms with Crippen LogP contribution in [0.1, 0.15) is 27.8 Å². The third kappa shape index (κ3) is 5.27. The molecule has 0 aliphatic heterocycles. The van der Waals surface area contributed by atoms with Crippen LogP contribution in [0.25, 0.3) is 6.08 Å². The van der Waals surface area contributed by atoms with Crippen molar-refractivity contribution >= 4 is 49.5 Å². The molecule has 0 bridgehead atoms. The number of rotatable bonds is 5. The zero-order valence-electron chi connectivity index (χ0n) is 16.7. The second-order valence-corrected chi connectivity index (χ2v) is 8.70. The molecule has 0 aliphatic carbocycles. The van der Waals surface area contributed by atoms with Gasteiger partial charge in [0.2, 0.25) is 0 Å². The lowest BCUT2D eigenvalue weighted by atomic mass is 10.0. The summed E-state index contributed by atoms with van der Waals surface area (Å²) in [5.41, 5.74) is 5.93. The first-order valence-electron chi connectivity index (χ1n) is 9.40. The van der Waals surface area contributed by atoms with Gasteiger partial charge in [0.1, 0.15) is 11.6 Å². The number of aryl methyl sites for hydroxylation is 1. The van der Waals surface area contributed by atoms with Crippen LogP contribution < -0.4 is 5.32 Å². The highest BCUT2D eigenvalue weighted by molar-refractivity contribution is 9.10. The highest BCUT2D eigenvalue weighted by atomic mass is 79.9. The van der Waals surface area contributed by atoms with Crippen molar-refractivity contribution in [2.45, 2.75) is 20.3 Å². The number of nitrogens with one attached hydrogen (secondary N) is 1. The van der Waals surface area contributed by atoms with Gasteiger partial charge in [-0.2, -0.15) is 5.26 Å². The topological polar surface area (TPSA) is 52.9 Å². The highest BCUT2D eigenvalue weighted by Gasteiger charge is 2.12. The van der Waals surface area contributed by atoms with Gasteiger partial charge in [0.15, 0.2) is 0 Å². The number of amides is 1. The maximum absolute atomic E-state index is 12.6. The Morgan fingerprint density at radius 3 is 2.43 bits per heavy atom. The molecule has 3 rings (SSSR count). The van der Waals surface area contributed by atoms with Crippen molar-refractivity contribution < 1.29 is 4.79 Å². The van der Waals surface area contributed by atoms with E-state index in [0.29, 0.717) is 5.69 Å². The molecule has 0 fully saturated rings. The molecule has 1 N–H and O–H groups in total. The van der Waals surface area contributed by atoms with Crippen molar-refractivity contribution in [2.75, 3.05) is 5.32 Å². The van der Waals surface area contributed by atoms with Gasteiger partial charge in [0.05, 0.1) is 0 Å². The standard InChI is InChI=1S/C25H20Br2N2O/c1-16-6-5-9-24(17(16)2)29-25(30)21(15-28)12-18-10-11-20(23(27)13-18)14-19-7-3-4-8-22(19)26/h3-13H,14H2,1-2H3,(H,29,30)/b21-12+. The zero-order valence-corrected chi connectivity index (χ0v) is 19.8. The minimum absolute atomic E-state index is 0.0568.